The fourth-order valence-corrected chi connectivity index (χ4v) is 2.90. The number of aromatic nitrogens is 2. The number of carbonyl (C=O) groups excluding carboxylic acids is 1. The lowest BCUT2D eigenvalue weighted by molar-refractivity contribution is -0.141. The van der Waals surface area contributed by atoms with E-state index in [1.807, 2.05) is 13.8 Å². The van der Waals surface area contributed by atoms with Crippen molar-refractivity contribution < 1.29 is 22.4 Å². The molecule has 28 heavy (non-hydrogen) atoms. The van der Waals surface area contributed by atoms with E-state index in [0.29, 0.717) is 0 Å². The van der Waals surface area contributed by atoms with Gasteiger partial charge in [0.1, 0.15) is 18.2 Å². The van der Waals surface area contributed by atoms with Crippen LogP contribution in [0.4, 0.5) is 17.6 Å². The Morgan fingerprint density at radius 1 is 1.25 bits per heavy atom. The molecule has 0 saturated carbocycles. The summed E-state index contributed by atoms with van der Waals surface area (Å²) in [6.07, 6.45) is -1.77. The van der Waals surface area contributed by atoms with Gasteiger partial charge in [-0.1, -0.05) is 26.0 Å². The highest BCUT2D eigenvalue weighted by atomic mass is 19.4. The monoisotopic (exact) mass is 400 g/mol. The predicted molar refractivity (Wildman–Crippen MR) is 96.7 cm³/mol. The molecule has 1 aromatic carbocycles. The Labute approximate surface area is 161 Å². The van der Waals surface area contributed by atoms with Gasteiger partial charge in [-0.3, -0.25) is 9.69 Å². The third-order valence-corrected chi connectivity index (χ3v) is 4.19. The molecular weight excluding hydrogens is 376 g/mol. The van der Waals surface area contributed by atoms with Crippen LogP contribution in [0.3, 0.4) is 0 Å². The quantitative estimate of drug-likeness (QED) is 0.690. The summed E-state index contributed by atoms with van der Waals surface area (Å²) in [5, 5.41) is 2.91. The molecule has 1 N–H and O–H groups in total. The number of alkyl halides is 3. The molecule has 5 nitrogen and oxygen atoms in total. The zero-order chi connectivity index (χ0) is 20.9. The molecule has 0 radical (unpaired) electrons. The minimum atomic E-state index is -4.34. The van der Waals surface area contributed by atoms with Crippen LogP contribution in [0.1, 0.15) is 31.3 Å². The highest BCUT2D eigenvalue weighted by Gasteiger charge is 2.29. The minimum Gasteiger partial charge on any atom is -0.348 e. The van der Waals surface area contributed by atoms with E-state index in [9.17, 15) is 22.4 Å². The lowest BCUT2D eigenvalue weighted by Crippen LogP contribution is -2.39. The molecule has 154 valence electrons. The number of halogens is 4. The number of nitrogens with zero attached hydrogens (tertiary/aromatic N) is 3. The van der Waals surface area contributed by atoms with Crippen molar-refractivity contribution in [2.75, 3.05) is 13.6 Å². The molecule has 1 amide bonds. The molecule has 1 heterocycles. The SMILES string of the molecule is CC(C)C(NC(=O)CN(C)Cc1nccn1CC(F)(F)F)c1ccc(F)cc1. The van der Waals surface area contributed by atoms with Gasteiger partial charge < -0.3 is 9.88 Å². The lowest BCUT2D eigenvalue weighted by Gasteiger charge is -2.25. The summed E-state index contributed by atoms with van der Waals surface area (Å²) in [6, 6.07) is 5.62. The molecule has 0 aliphatic rings. The van der Waals surface area contributed by atoms with Gasteiger partial charge in [0, 0.05) is 12.4 Å². The van der Waals surface area contributed by atoms with E-state index in [2.05, 4.69) is 10.3 Å². The molecule has 0 saturated heterocycles. The molecular formula is C19H24F4N4O. The molecule has 1 aromatic heterocycles. The molecule has 1 unspecified atom stereocenters. The molecule has 1 atom stereocenters. The van der Waals surface area contributed by atoms with Gasteiger partial charge in [-0.2, -0.15) is 13.2 Å². The summed E-state index contributed by atoms with van der Waals surface area (Å²) in [7, 11) is 1.63. The Bertz CT molecular complexity index is 771. The van der Waals surface area contributed by atoms with Crippen LogP contribution in [-0.4, -0.2) is 40.1 Å². The molecule has 0 spiro atoms. The van der Waals surface area contributed by atoms with Crippen molar-refractivity contribution in [1.29, 1.82) is 0 Å². The maximum atomic E-state index is 13.1. The number of hydrogen-bond acceptors (Lipinski definition) is 3. The molecule has 2 aromatic rings. The number of imidazole rings is 1. The standard InChI is InChI=1S/C19H24F4N4O/c1-13(2)18(14-4-6-15(20)7-5-14)25-17(28)11-26(3)10-16-24-8-9-27(16)12-19(21,22)23/h4-9,13,18H,10-12H2,1-3H3,(H,25,28). The molecule has 0 aliphatic heterocycles. The summed E-state index contributed by atoms with van der Waals surface area (Å²) >= 11 is 0. The van der Waals surface area contributed by atoms with E-state index in [4.69, 9.17) is 0 Å². The van der Waals surface area contributed by atoms with Crippen LogP contribution in [0.25, 0.3) is 0 Å². The van der Waals surface area contributed by atoms with Crippen molar-refractivity contribution in [3.05, 3.63) is 53.9 Å². The summed E-state index contributed by atoms with van der Waals surface area (Å²) in [5.74, 6) is -0.330. The maximum absolute atomic E-state index is 13.1. The molecule has 9 heteroatoms. The Morgan fingerprint density at radius 2 is 1.89 bits per heavy atom. The van der Waals surface area contributed by atoms with Crippen molar-refractivity contribution in [3.8, 4) is 0 Å². The average Bonchev–Trinajstić information content (AvgIpc) is 2.98. The fraction of sp³-hybridized carbons (Fsp3) is 0.474. The van der Waals surface area contributed by atoms with Crippen LogP contribution in [0.15, 0.2) is 36.7 Å². The first-order valence-corrected chi connectivity index (χ1v) is 8.85. The van der Waals surface area contributed by atoms with Crippen LogP contribution in [0.5, 0.6) is 0 Å². The van der Waals surface area contributed by atoms with Gasteiger partial charge in [-0.15, -0.1) is 0 Å². The second-order valence-electron chi connectivity index (χ2n) is 7.10. The van der Waals surface area contributed by atoms with Gasteiger partial charge in [0.15, 0.2) is 0 Å². The zero-order valence-corrected chi connectivity index (χ0v) is 16.0. The highest BCUT2D eigenvalue weighted by Crippen LogP contribution is 2.22. The van der Waals surface area contributed by atoms with E-state index >= 15 is 0 Å². The number of rotatable bonds is 8. The van der Waals surface area contributed by atoms with Gasteiger partial charge in [0.05, 0.1) is 19.1 Å². The van der Waals surface area contributed by atoms with Gasteiger partial charge in [-0.25, -0.2) is 9.37 Å². The van der Waals surface area contributed by atoms with E-state index in [1.165, 1.54) is 24.5 Å². The van der Waals surface area contributed by atoms with E-state index < -0.39 is 12.7 Å². The van der Waals surface area contributed by atoms with Crippen molar-refractivity contribution in [1.82, 2.24) is 19.8 Å². The molecule has 0 aliphatic carbocycles. The van der Waals surface area contributed by atoms with Crippen LogP contribution < -0.4 is 5.32 Å². The van der Waals surface area contributed by atoms with Gasteiger partial charge in [-0.05, 0) is 30.7 Å². The molecule has 0 fully saturated rings. The van der Waals surface area contributed by atoms with Crippen molar-refractivity contribution in [3.63, 3.8) is 0 Å². The number of hydrogen-bond donors (Lipinski definition) is 1. The zero-order valence-electron chi connectivity index (χ0n) is 16.0. The third-order valence-electron chi connectivity index (χ3n) is 4.19. The predicted octanol–water partition coefficient (Wildman–Crippen LogP) is 3.53. The normalized spacial score (nSPS) is 13.2. The van der Waals surface area contributed by atoms with Crippen LogP contribution in [0.2, 0.25) is 0 Å². The number of carbonyl (C=O) groups is 1. The Hall–Kier alpha value is -2.42. The van der Waals surface area contributed by atoms with Crippen LogP contribution >= 0.6 is 0 Å². The lowest BCUT2D eigenvalue weighted by atomic mass is 9.96. The first-order valence-electron chi connectivity index (χ1n) is 8.85. The van der Waals surface area contributed by atoms with E-state index in [0.717, 1.165) is 10.1 Å². The van der Waals surface area contributed by atoms with Crippen molar-refractivity contribution >= 4 is 5.91 Å². The average molecular weight is 400 g/mol. The van der Waals surface area contributed by atoms with Crippen molar-refractivity contribution in [2.45, 2.75) is 39.2 Å². The fourth-order valence-electron chi connectivity index (χ4n) is 2.90. The van der Waals surface area contributed by atoms with Gasteiger partial charge in [0.25, 0.3) is 0 Å². The van der Waals surface area contributed by atoms with Crippen LogP contribution in [-0.2, 0) is 17.9 Å². The topological polar surface area (TPSA) is 50.2 Å². The van der Waals surface area contributed by atoms with Gasteiger partial charge >= 0.3 is 6.18 Å². The summed E-state index contributed by atoms with van der Waals surface area (Å²) in [4.78, 5) is 18.0. The minimum absolute atomic E-state index is 0.0106. The van der Waals surface area contributed by atoms with E-state index in [1.54, 1.807) is 24.1 Å². The van der Waals surface area contributed by atoms with Gasteiger partial charge in [0.2, 0.25) is 5.91 Å². The second kappa shape index (κ2) is 9.18. The number of likely N-dealkylation sites (N-methyl/N-ethyl adjacent to an activating group) is 1. The van der Waals surface area contributed by atoms with Crippen molar-refractivity contribution in [2.24, 2.45) is 5.92 Å². The largest absolute Gasteiger partial charge is 0.406 e. The maximum Gasteiger partial charge on any atom is 0.406 e. The second-order valence-corrected chi connectivity index (χ2v) is 7.10. The highest BCUT2D eigenvalue weighted by molar-refractivity contribution is 5.78. The summed E-state index contributed by atoms with van der Waals surface area (Å²) < 4.78 is 52.0. The molecule has 0 bridgehead atoms. The van der Waals surface area contributed by atoms with E-state index in [-0.39, 0.29) is 42.6 Å². The molecule has 2 rings (SSSR count). The number of nitrogens with one attached hydrogen (secondary N) is 1. The van der Waals surface area contributed by atoms with Crippen LogP contribution in [0, 0.1) is 11.7 Å². The first-order chi connectivity index (χ1) is 13.0. The first kappa shape index (κ1) is 21.9. The summed E-state index contributed by atoms with van der Waals surface area (Å²) in [6.45, 7) is 2.84. The third kappa shape index (κ3) is 6.63. The Kier molecular flexibility index (Phi) is 7.17. The summed E-state index contributed by atoms with van der Waals surface area (Å²) in [5.41, 5.74) is 0.785. The Morgan fingerprint density at radius 3 is 2.46 bits per heavy atom. The number of amides is 1. The Balaban J connectivity index is 1.96. The smallest absolute Gasteiger partial charge is 0.348 e. The number of benzene rings is 1.